The van der Waals surface area contributed by atoms with Crippen LogP contribution < -0.4 is 5.32 Å². The van der Waals surface area contributed by atoms with Gasteiger partial charge in [0.2, 0.25) is 15.9 Å². The Hall–Kier alpha value is -2.51. The number of rotatable bonds is 7. The van der Waals surface area contributed by atoms with E-state index >= 15 is 0 Å². The molecular weight excluding hydrogens is 412 g/mol. The summed E-state index contributed by atoms with van der Waals surface area (Å²) < 4.78 is 26.6. The van der Waals surface area contributed by atoms with Gasteiger partial charge in [-0.15, -0.1) is 0 Å². The SMILES string of the molecule is O=C(CCC(=O)c1ccc2c(c1)CCCC2)Nc1ccc(S(=O)(=O)N2CCCC2)cc1. The largest absolute Gasteiger partial charge is 0.326 e. The molecule has 0 aromatic heterocycles. The van der Waals surface area contributed by atoms with Crippen LogP contribution >= 0.6 is 0 Å². The zero-order chi connectivity index (χ0) is 21.8. The molecule has 2 aromatic rings. The highest BCUT2D eigenvalue weighted by atomic mass is 32.2. The number of nitrogens with zero attached hydrogens (tertiary/aromatic N) is 1. The Morgan fingerprint density at radius 2 is 1.52 bits per heavy atom. The lowest BCUT2D eigenvalue weighted by Gasteiger charge is -2.16. The predicted molar refractivity (Wildman–Crippen MR) is 120 cm³/mol. The van der Waals surface area contributed by atoms with Crippen molar-refractivity contribution in [3.05, 3.63) is 59.2 Å². The van der Waals surface area contributed by atoms with E-state index in [1.54, 1.807) is 12.1 Å². The minimum Gasteiger partial charge on any atom is -0.326 e. The normalized spacial score (nSPS) is 16.6. The number of Topliss-reactive ketones (excluding diaryl/α,β-unsaturated/α-hetero) is 1. The lowest BCUT2D eigenvalue weighted by molar-refractivity contribution is -0.116. The van der Waals surface area contributed by atoms with Crippen molar-refractivity contribution in [2.45, 2.75) is 56.3 Å². The number of aryl methyl sites for hydroxylation is 2. The summed E-state index contributed by atoms with van der Waals surface area (Å²) in [5.41, 5.74) is 3.78. The fourth-order valence-corrected chi connectivity index (χ4v) is 5.81. The molecule has 2 aromatic carbocycles. The Kier molecular flexibility index (Phi) is 6.53. The number of carbonyl (C=O) groups excluding carboxylic acids is 2. The number of amides is 1. The molecule has 0 bridgehead atoms. The van der Waals surface area contributed by atoms with Crippen molar-refractivity contribution in [3.8, 4) is 0 Å². The van der Waals surface area contributed by atoms with Crippen molar-refractivity contribution in [3.63, 3.8) is 0 Å². The highest BCUT2D eigenvalue weighted by Crippen LogP contribution is 2.24. The minimum atomic E-state index is -3.47. The van der Waals surface area contributed by atoms with Crippen LogP contribution in [0, 0.1) is 0 Å². The van der Waals surface area contributed by atoms with Gasteiger partial charge in [0.1, 0.15) is 0 Å². The summed E-state index contributed by atoms with van der Waals surface area (Å²) in [5.74, 6) is -0.294. The Bertz CT molecular complexity index is 1070. The molecular formula is C24H28N2O4S. The van der Waals surface area contributed by atoms with Crippen molar-refractivity contribution in [1.82, 2.24) is 4.31 Å². The van der Waals surface area contributed by atoms with Crippen LogP contribution in [-0.2, 0) is 27.7 Å². The van der Waals surface area contributed by atoms with Crippen molar-refractivity contribution in [2.24, 2.45) is 0 Å². The van der Waals surface area contributed by atoms with Gasteiger partial charge in [0, 0.05) is 37.2 Å². The quantitative estimate of drug-likeness (QED) is 0.661. The second-order valence-electron chi connectivity index (χ2n) is 8.30. The topological polar surface area (TPSA) is 83.5 Å². The van der Waals surface area contributed by atoms with Crippen LogP contribution in [0.3, 0.4) is 0 Å². The molecule has 0 spiro atoms. The second kappa shape index (κ2) is 9.32. The number of benzene rings is 2. The maximum absolute atomic E-state index is 12.6. The molecule has 1 heterocycles. The first-order valence-corrected chi connectivity index (χ1v) is 12.4. The molecule has 1 N–H and O–H groups in total. The van der Waals surface area contributed by atoms with Gasteiger partial charge in [0.05, 0.1) is 4.90 Å². The molecule has 1 fully saturated rings. The number of hydrogen-bond donors (Lipinski definition) is 1. The molecule has 4 rings (SSSR count). The number of fused-ring (bicyclic) bond motifs is 1. The van der Waals surface area contributed by atoms with Gasteiger partial charge in [0.15, 0.2) is 5.78 Å². The second-order valence-corrected chi connectivity index (χ2v) is 10.2. The molecule has 7 heteroatoms. The van der Waals surface area contributed by atoms with E-state index in [2.05, 4.69) is 5.32 Å². The van der Waals surface area contributed by atoms with Gasteiger partial charge in [-0.3, -0.25) is 9.59 Å². The Balaban J connectivity index is 1.31. The Morgan fingerprint density at radius 3 is 2.23 bits per heavy atom. The van der Waals surface area contributed by atoms with Crippen LogP contribution in [0.25, 0.3) is 0 Å². The van der Waals surface area contributed by atoms with E-state index in [4.69, 9.17) is 0 Å². The van der Waals surface area contributed by atoms with E-state index in [1.165, 1.54) is 34.0 Å². The summed E-state index contributed by atoms with van der Waals surface area (Å²) in [6.07, 6.45) is 6.45. The molecule has 2 aliphatic rings. The summed E-state index contributed by atoms with van der Waals surface area (Å²) in [7, 11) is -3.47. The van der Waals surface area contributed by atoms with E-state index < -0.39 is 10.0 Å². The van der Waals surface area contributed by atoms with Crippen LogP contribution in [0.4, 0.5) is 5.69 Å². The van der Waals surface area contributed by atoms with Gasteiger partial charge in [0.25, 0.3) is 0 Å². The molecule has 1 saturated heterocycles. The van der Waals surface area contributed by atoms with Crippen LogP contribution in [0.5, 0.6) is 0 Å². The lowest BCUT2D eigenvalue weighted by atomic mass is 9.89. The first kappa shape index (κ1) is 21.7. The Morgan fingerprint density at radius 1 is 0.839 bits per heavy atom. The molecule has 1 aliphatic heterocycles. The summed E-state index contributed by atoms with van der Waals surface area (Å²) in [4.78, 5) is 25.0. The standard InChI is InChI=1S/C24H28N2O4S/c27-23(20-8-7-18-5-1-2-6-19(18)17-20)13-14-24(28)25-21-9-11-22(12-10-21)31(29,30)26-15-3-4-16-26/h7-12,17H,1-6,13-16H2,(H,25,28). The van der Waals surface area contributed by atoms with E-state index in [0.717, 1.165) is 32.1 Å². The molecule has 31 heavy (non-hydrogen) atoms. The number of sulfonamides is 1. The lowest BCUT2D eigenvalue weighted by Crippen LogP contribution is -2.27. The third-order valence-corrected chi connectivity index (χ3v) is 8.00. The zero-order valence-corrected chi connectivity index (χ0v) is 18.4. The van der Waals surface area contributed by atoms with Crippen LogP contribution in [0.2, 0.25) is 0 Å². The monoisotopic (exact) mass is 440 g/mol. The maximum atomic E-state index is 12.6. The van der Waals surface area contributed by atoms with Gasteiger partial charge in [-0.2, -0.15) is 4.31 Å². The molecule has 0 atom stereocenters. The third-order valence-electron chi connectivity index (χ3n) is 6.09. The average molecular weight is 441 g/mol. The van der Waals surface area contributed by atoms with Gasteiger partial charge in [-0.25, -0.2) is 8.42 Å². The smallest absolute Gasteiger partial charge is 0.243 e. The highest BCUT2D eigenvalue weighted by molar-refractivity contribution is 7.89. The molecule has 1 amide bonds. The van der Waals surface area contributed by atoms with Gasteiger partial charge in [-0.05, 0) is 80.0 Å². The summed E-state index contributed by atoms with van der Waals surface area (Å²) in [5, 5.41) is 2.75. The molecule has 0 unspecified atom stereocenters. The van der Waals surface area contributed by atoms with Gasteiger partial charge < -0.3 is 5.32 Å². The number of carbonyl (C=O) groups is 2. The van der Waals surface area contributed by atoms with Gasteiger partial charge in [-0.1, -0.05) is 12.1 Å². The number of anilines is 1. The highest BCUT2D eigenvalue weighted by Gasteiger charge is 2.27. The minimum absolute atomic E-state index is 0.0319. The number of nitrogens with one attached hydrogen (secondary N) is 1. The first-order valence-electron chi connectivity index (χ1n) is 11.0. The Labute approximate surface area is 183 Å². The fraction of sp³-hybridized carbons (Fsp3) is 0.417. The third kappa shape index (κ3) is 5.05. The average Bonchev–Trinajstić information content (AvgIpc) is 3.33. The van der Waals surface area contributed by atoms with Crippen molar-refractivity contribution < 1.29 is 18.0 Å². The number of hydrogen-bond acceptors (Lipinski definition) is 4. The zero-order valence-electron chi connectivity index (χ0n) is 17.6. The summed E-state index contributed by atoms with van der Waals surface area (Å²) >= 11 is 0. The predicted octanol–water partition coefficient (Wildman–Crippen LogP) is 3.95. The molecule has 6 nitrogen and oxygen atoms in total. The summed E-state index contributed by atoms with van der Waals surface area (Å²) in [6, 6.07) is 12.1. The van der Waals surface area contributed by atoms with E-state index in [1.807, 2.05) is 18.2 Å². The van der Waals surface area contributed by atoms with E-state index in [0.29, 0.717) is 24.3 Å². The van der Waals surface area contributed by atoms with Crippen LogP contribution in [-0.4, -0.2) is 37.5 Å². The molecule has 164 valence electrons. The van der Waals surface area contributed by atoms with Crippen molar-refractivity contribution >= 4 is 27.4 Å². The van der Waals surface area contributed by atoms with E-state index in [-0.39, 0.29) is 29.4 Å². The molecule has 0 radical (unpaired) electrons. The molecule has 0 saturated carbocycles. The molecule has 1 aliphatic carbocycles. The first-order chi connectivity index (χ1) is 14.9. The van der Waals surface area contributed by atoms with Crippen LogP contribution in [0.1, 0.15) is 60.0 Å². The van der Waals surface area contributed by atoms with E-state index in [9.17, 15) is 18.0 Å². The van der Waals surface area contributed by atoms with Gasteiger partial charge >= 0.3 is 0 Å². The maximum Gasteiger partial charge on any atom is 0.243 e. The number of ketones is 1. The fourth-order valence-electron chi connectivity index (χ4n) is 4.29. The van der Waals surface area contributed by atoms with Crippen molar-refractivity contribution in [2.75, 3.05) is 18.4 Å². The summed E-state index contributed by atoms with van der Waals surface area (Å²) in [6.45, 7) is 1.11. The van der Waals surface area contributed by atoms with Crippen molar-refractivity contribution in [1.29, 1.82) is 0 Å². The van der Waals surface area contributed by atoms with Crippen LogP contribution in [0.15, 0.2) is 47.4 Å².